The van der Waals surface area contributed by atoms with Crippen molar-refractivity contribution in [3.05, 3.63) is 29.0 Å². The molecule has 0 aliphatic carbocycles. The molecular formula is C12H14N4O2S. The average Bonchev–Trinajstić information content (AvgIpc) is 3.08. The molecule has 0 N–H and O–H groups in total. The lowest BCUT2D eigenvalue weighted by Gasteiger charge is -2.07. The Labute approximate surface area is 115 Å². The molecule has 1 aromatic heterocycles. The molecule has 1 saturated heterocycles. The van der Waals surface area contributed by atoms with Gasteiger partial charge < -0.3 is 9.47 Å². The standard InChI is InChI=1S/C12H14N4O2S/c1-17-10-6-4-9(5-7-10)15-12(19)16(14-13-15)11-3-2-8-18-11/h4-7,11H,2-3,8H2,1H3. The number of nitrogens with zero attached hydrogens (tertiary/aromatic N) is 4. The zero-order valence-electron chi connectivity index (χ0n) is 10.5. The van der Waals surface area contributed by atoms with E-state index in [1.807, 2.05) is 24.3 Å². The molecule has 0 spiro atoms. The minimum absolute atomic E-state index is 0.0838. The van der Waals surface area contributed by atoms with Crippen molar-refractivity contribution < 1.29 is 9.47 Å². The van der Waals surface area contributed by atoms with Crippen molar-refractivity contribution in [2.75, 3.05) is 13.7 Å². The van der Waals surface area contributed by atoms with E-state index in [0.717, 1.165) is 30.9 Å². The molecule has 0 saturated carbocycles. The number of hydrogen-bond donors (Lipinski definition) is 0. The third-order valence-electron chi connectivity index (χ3n) is 3.10. The Hall–Kier alpha value is -1.73. The number of aromatic nitrogens is 4. The molecule has 0 bridgehead atoms. The highest BCUT2D eigenvalue weighted by Crippen LogP contribution is 2.22. The van der Waals surface area contributed by atoms with E-state index in [4.69, 9.17) is 21.7 Å². The molecule has 3 rings (SSSR count). The van der Waals surface area contributed by atoms with Crippen molar-refractivity contribution in [1.82, 2.24) is 19.8 Å². The third-order valence-corrected chi connectivity index (χ3v) is 3.46. The van der Waals surface area contributed by atoms with Crippen LogP contribution in [0.2, 0.25) is 0 Å². The molecule has 2 heterocycles. The highest BCUT2D eigenvalue weighted by atomic mass is 32.1. The van der Waals surface area contributed by atoms with Gasteiger partial charge in [-0.25, -0.2) is 0 Å². The maximum Gasteiger partial charge on any atom is 0.223 e. The van der Waals surface area contributed by atoms with E-state index in [1.165, 1.54) is 0 Å². The van der Waals surface area contributed by atoms with Gasteiger partial charge in [0.2, 0.25) is 4.77 Å². The van der Waals surface area contributed by atoms with Crippen LogP contribution in [0.5, 0.6) is 5.75 Å². The van der Waals surface area contributed by atoms with Gasteiger partial charge in [0.1, 0.15) is 5.75 Å². The highest BCUT2D eigenvalue weighted by molar-refractivity contribution is 7.71. The van der Waals surface area contributed by atoms with Gasteiger partial charge >= 0.3 is 0 Å². The van der Waals surface area contributed by atoms with Gasteiger partial charge in [0.25, 0.3) is 0 Å². The zero-order chi connectivity index (χ0) is 13.2. The fraction of sp³-hybridized carbons (Fsp3) is 0.417. The number of rotatable bonds is 3. The summed E-state index contributed by atoms with van der Waals surface area (Å²) in [4.78, 5) is 0. The first-order valence-corrected chi connectivity index (χ1v) is 6.51. The van der Waals surface area contributed by atoms with Crippen LogP contribution >= 0.6 is 12.2 Å². The van der Waals surface area contributed by atoms with Crippen LogP contribution in [0.25, 0.3) is 5.69 Å². The lowest BCUT2D eigenvalue weighted by Crippen LogP contribution is -2.09. The summed E-state index contributed by atoms with van der Waals surface area (Å²) in [7, 11) is 1.63. The fourth-order valence-corrected chi connectivity index (χ4v) is 2.37. The van der Waals surface area contributed by atoms with Gasteiger partial charge in [0.05, 0.1) is 12.8 Å². The Balaban J connectivity index is 1.94. The summed E-state index contributed by atoms with van der Waals surface area (Å²) < 4.78 is 14.5. The van der Waals surface area contributed by atoms with Crippen molar-refractivity contribution >= 4 is 12.2 Å². The van der Waals surface area contributed by atoms with Gasteiger partial charge in [-0.3, -0.25) is 0 Å². The Bertz CT molecular complexity index is 613. The van der Waals surface area contributed by atoms with Crippen LogP contribution in [0.1, 0.15) is 19.1 Å². The van der Waals surface area contributed by atoms with Crippen LogP contribution in [0.15, 0.2) is 24.3 Å². The molecule has 0 amide bonds. The van der Waals surface area contributed by atoms with Gasteiger partial charge in [0, 0.05) is 6.61 Å². The normalized spacial score (nSPS) is 18.7. The van der Waals surface area contributed by atoms with E-state index in [2.05, 4.69) is 10.4 Å². The summed E-state index contributed by atoms with van der Waals surface area (Å²) in [5, 5.41) is 8.18. The molecule has 1 aliphatic heterocycles. The maximum absolute atomic E-state index is 5.57. The van der Waals surface area contributed by atoms with Crippen molar-refractivity contribution in [2.24, 2.45) is 0 Å². The Morgan fingerprint density at radius 2 is 2.11 bits per heavy atom. The van der Waals surface area contributed by atoms with Crippen molar-refractivity contribution in [3.63, 3.8) is 0 Å². The molecule has 19 heavy (non-hydrogen) atoms. The minimum atomic E-state index is -0.0838. The topological polar surface area (TPSA) is 54.1 Å². The molecular weight excluding hydrogens is 264 g/mol. The van der Waals surface area contributed by atoms with Crippen LogP contribution in [-0.2, 0) is 4.74 Å². The zero-order valence-corrected chi connectivity index (χ0v) is 11.3. The lowest BCUT2D eigenvalue weighted by atomic mass is 10.3. The van der Waals surface area contributed by atoms with Crippen LogP contribution in [0, 0.1) is 4.77 Å². The largest absolute Gasteiger partial charge is 0.497 e. The van der Waals surface area contributed by atoms with Crippen molar-refractivity contribution in [2.45, 2.75) is 19.1 Å². The summed E-state index contributed by atoms with van der Waals surface area (Å²) in [6.45, 7) is 0.752. The monoisotopic (exact) mass is 278 g/mol. The van der Waals surface area contributed by atoms with Crippen LogP contribution in [0.4, 0.5) is 0 Å². The number of benzene rings is 1. The first kappa shape index (κ1) is 12.3. The average molecular weight is 278 g/mol. The van der Waals surface area contributed by atoms with Crippen LogP contribution in [0.3, 0.4) is 0 Å². The number of hydrogen-bond acceptors (Lipinski definition) is 5. The van der Waals surface area contributed by atoms with Crippen molar-refractivity contribution in [1.29, 1.82) is 0 Å². The first-order chi connectivity index (χ1) is 9.29. The number of methoxy groups -OCH3 is 1. The van der Waals surface area contributed by atoms with E-state index < -0.39 is 0 Å². The summed E-state index contributed by atoms with van der Waals surface area (Å²) in [6, 6.07) is 7.51. The smallest absolute Gasteiger partial charge is 0.223 e. The first-order valence-electron chi connectivity index (χ1n) is 6.10. The lowest BCUT2D eigenvalue weighted by molar-refractivity contribution is 0.0440. The second kappa shape index (κ2) is 5.10. The second-order valence-electron chi connectivity index (χ2n) is 4.28. The summed E-state index contributed by atoms with van der Waals surface area (Å²) in [6.07, 6.45) is 1.87. The molecule has 1 aliphatic rings. The van der Waals surface area contributed by atoms with Crippen molar-refractivity contribution in [3.8, 4) is 11.4 Å². The Kier molecular flexibility index (Phi) is 3.31. The summed E-state index contributed by atoms with van der Waals surface area (Å²) in [5.41, 5.74) is 0.857. The summed E-state index contributed by atoms with van der Waals surface area (Å²) >= 11 is 5.39. The molecule has 1 fully saturated rings. The second-order valence-corrected chi connectivity index (χ2v) is 4.65. The molecule has 0 radical (unpaired) electrons. The highest BCUT2D eigenvalue weighted by Gasteiger charge is 2.20. The predicted octanol–water partition coefficient (Wildman–Crippen LogP) is 2.12. The molecule has 100 valence electrons. The SMILES string of the molecule is COc1ccc(-n2nnn(C3CCCO3)c2=S)cc1. The minimum Gasteiger partial charge on any atom is -0.497 e. The van der Waals surface area contributed by atoms with E-state index in [9.17, 15) is 0 Å². The van der Waals surface area contributed by atoms with Gasteiger partial charge in [-0.05, 0) is 59.8 Å². The Morgan fingerprint density at radius 1 is 1.32 bits per heavy atom. The maximum atomic E-state index is 5.57. The quantitative estimate of drug-likeness (QED) is 0.805. The van der Waals surface area contributed by atoms with E-state index >= 15 is 0 Å². The molecule has 2 aromatic rings. The molecule has 6 nitrogen and oxygen atoms in total. The van der Waals surface area contributed by atoms with E-state index in [0.29, 0.717) is 4.77 Å². The van der Waals surface area contributed by atoms with Gasteiger partial charge in [-0.1, -0.05) is 0 Å². The summed E-state index contributed by atoms with van der Waals surface area (Å²) in [5.74, 6) is 0.793. The fourth-order valence-electron chi connectivity index (χ4n) is 2.08. The molecule has 1 unspecified atom stereocenters. The van der Waals surface area contributed by atoms with E-state index in [1.54, 1.807) is 16.5 Å². The van der Waals surface area contributed by atoms with Gasteiger partial charge in [0.15, 0.2) is 6.23 Å². The molecule has 7 heteroatoms. The van der Waals surface area contributed by atoms with Gasteiger partial charge in [-0.2, -0.15) is 9.36 Å². The van der Waals surface area contributed by atoms with E-state index in [-0.39, 0.29) is 6.23 Å². The number of tetrazole rings is 1. The predicted molar refractivity (Wildman–Crippen MR) is 71.0 cm³/mol. The van der Waals surface area contributed by atoms with Crippen LogP contribution < -0.4 is 4.74 Å². The van der Waals surface area contributed by atoms with Crippen LogP contribution in [-0.4, -0.2) is 33.5 Å². The number of ether oxygens (including phenoxy) is 2. The third kappa shape index (κ3) is 2.26. The molecule has 1 atom stereocenters. The molecule has 1 aromatic carbocycles. The van der Waals surface area contributed by atoms with Gasteiger partial charge in [-0.15, -0.1) is 0 Å². The Morgan fingerprint density at radius 3 is 2.74 bits per heavy atom.